The van der Waals surface area contributed by atoms with Gasteiger partial charge in [-0.2, -0.15) is 0 Å². The normalized spacial score (nSPS) is 39.0. The lowest BCUT2D eigenvalue weighted by Gasteiger charge is -2.27. The van der Waals surface area contributed by atoms with Crippen LogP contribution in [0.1, 0.15) is 25.7 Å². The van der Waals surface area contributed by atoms with Crippen molar-refractivity contribution in [1.82, 2.24) is 5.32 Å². The summed E-state index contributed by atoms with van der Waals surface area (Å²) in [4.78, 5) is 0. The third-order valence-electron chi connectivity index (χ3n) is 2.59. The van der Waals surface area contributed by atoms with E-state index >= 15 is 0 Å². The number of nitrogens with one attached hydrogen (secondary N) is 1. The predicted molar refractivity (Wildman–Crippen MR) is 37.2 cm³/mol. The van der Waals surface area contributed by atoms with Crippen molar-refractivity contribution >= 4 is 0 Å². The first kappa shape index (κ1) is 5.69. The SMILES string of the molecule is N[C@H]1CCC2(CC2)NC1. The first-order chi connectivity index (χ1) is 4.31. The van der Waals surface area contributed by atoms with Crippen molar-refractivity contribution < 1.29 is 0 Å². The molecular formula is C7H14N2. The molecule has 1 heterocycles. The lowest BCUT2D eigenvalue weighted by Crippen LogP contribution is -2.46. The van der Waals surface area contributed by atoms with Crippen LogP contribution < -0.4 is 11.1 Å². The summed E-state index contributed by atoms with van der Waals surface area (Å²) in [5.74, 6) is 0. The Morgan fingerprint density at radius 3 is 2.56 bits per heavy atom. The van der Waals surface area contributed by atoms with E-state index in [2.05, 4.69) is 5.32 Å². The monoisotopic (exact) mass is 126 g/mol. The van der Waals surface area contributed by atoms with Gasteiger partial charge in [0, 0.05) is 18.1 Å². The van der Waals surface area contributed by atoms with E-state index in [9.17, 15) is 0 Å². The average molecular weight is 126 g/mol. The molecule has 0 aromatic heterocycles. The van der Waals surface area contributed by atoms with Gasteiger partial charge in [0.2, 0.25) is 0 Å². The standard InChI is InChI=1S/C7H14N2/c8-6-1-2-7(3-4-7)9-5-6/h6,9H,1-5,8H2/t6-/m0/s1. The van der Waals surface area contributed by atoms with Crippen molar-refractivity contribution in [3.8, 4) is 0 Å². The summed E-state index contributed by atoms with van der Waals surface area (Å²) in [6.45, 7) is 1.04. The second kappa shape index (κ2) is 1.70. The number of hydrogen-bond acceptors (Lipinski definition) is 2. The van der Waals surface area contributed by atoms with E-state index < -0.39 is 0 Å². The van der Waals surface area contributed by atoms with Crippen molar-refractivity contribution in [2.45, 2.75) is 37.3 Å². The molecule has 2 aliphatic rings. The van der Waals surface area contributed by atoms with Crippen LogP contribution in [0.15, 0.2) is 0 Å². The maximum absolute atomic E-state index is 5.72. The van der Waals surface area contributed by atoms with E-state index in [1.54, 1.807) is 0 Å². The van der Waals surface area contributed by atoms with E-state index in [0.29, 0.717) is 11.6 Å². The number of hydrogen-bond donors (Lipinski definition) is 2. The summed E-state index contributed by atoms with van der Waals surface area (Å²) >= 11 is 0. The molecule has 1 saturated heterocycles. The molecular weight excluding hydrogens is 112 g/mol. The van der Waals surface area contributed by atoms with Gasteiger partial charge >= 0.3 is 0 Å². The Labute approximate surface area is 55.8 Å². The molecule has 1 spiro atoms. The Morgan fingerprint density at radius 2 is 2.11 bits per heavy atom. The summed E-state index contributed by atoms with van der Waals surface area (Å²) in [6.07, 6.45) is 5.32. The second-order valence-electron chi connectivity index (χ2n) is 3.46. The highest BCUT2D eigenvalue weighted by Crippen LogP contribution is 2.41. The molecule has 2 fully saturated rings. The zero-order chi connectivity index (χ0) is 6.32. The van der Waals surface area contributed by atoms with Crippen LogP contribution >= 0.6 is 0 Å². The van der Waals surface area contributed by atoms with E-state index in [-0.39, 0.29) is 0 Å². The molecule has 52 valence electrons. The maximum Gasteiger partial charge on any atom is 0.0184 e. The molecule has 3 N–H and O–H groups in total. The zero-order valence-corrected chi connectivity index (χ0v) is 5.69. The summed E-state index contributed by atoms with van der Waals surface area (Å²) in [5.41, 5.74) is 6.30. The summed E-state index contributed by atoms with van der Waals surface area (Å²) in [7, 11) is 0. The molecule has 0 radical (unpaired) electrons. The van der Waals surface area contributed by atoms with Crippen LogP contribution in [0.2, 0.25) is 0 Å². The smallest absolute Gasteiger partial charge is 0.0184 e. The highest BCUT2D eigenvalue weighted by molar-refractivity contribution is 5.05. The number of nitrogens with two attached hydrogens (primary N) is 1. The Morgan fingerprint density at radius 1 is 1.33 bits per heavy atom. The average Bonchev–Trinajstić information content (AvgIpc) is 2.60. The summed E-state index contributed by atoms with van der Waals surface area (Å²) in [5, 5.41) is 3.49. The van der Waals surface area contributed by atoms with E-state index in [1.165, 1.54) is 25.7 Å². The van der Waals surface area contributed by atoms with Crippen LogP contribution in [-0.2, 0) is 0 Å². The quantitative estimate of drug-likeness (QED) is 0.487. The highest BCUT2D eigenvalue weighted by Gasteiger charge is 2.43. The Balaban J connectivity index is 1.91. The van der Waals surface area contributed by atoms with Crippen LogP contribution in [-0.4, -0.2) is 18.1 Å². The van der Waals surface area contributed by atoms with Crippen LogP contribution in [0.4, 0.5) is 0 Å². The molecule has 1 aliphatic carbocycles. The van der Waals surface area contributed by atoms with Crippen molar-refractivity contribution in [3.05, 3.63) is 0 Å². The van der Waals surface area contributed by atoms with Gasteiger partial charge in [0.25, 0.3) is 0 Å². The molecule has 0 bridgehead atoms. The molecule has 1 atom stereocenters. The highest BCUT2D eigenvalue weighted by atomic mass is 15.1. The minimum absolute atomic E-state index is 0.427. The lowest BCUT2D eigenvalue weighted by molar-refractivity contribution is 0.350. The van der Waals surface area contributed by atoms with Crippen LogP contribution in [0.5, 0.6) is 0 Å². The molecule has 9 heavy (non-hydrogen) atoms. The van der Waals surface area contributed by atoms with Gasteiger partial charge in [-0.3, -0.25) is 0 Å². The fraction of sp³-hybridized carbons (Fsp3) is 1.00. The van der Waals surface area contributed by atoms with E-state index in [0.717, 1.165) is 6.54 Å². The zero-order valence-electron chi connectivity index (χ0n) is 5.69. The van der Waals surface area contributed by atoms with Gasteiger partial charge in [-0.1, -0.05) is 0 Å². The first-order valence-electron chi connectivity index (χ1n) is 3.81. The van der Waals surface area contributed by atoms with Crippen LogP contribution in [0, 0.1) is 0 Å². The molecule has 0 amide bonds. The first-order valence-corrected chi connectivity index (χ1v) is 3.81. The third-order valence-corrected chi connectivity index (χ3v) is 2.59. The van der Waals surface area contributed by atoms with Gasteiger partial charge in [0.1, 0.15) is 0 Å². The van der Waals surface area contributed by atoms with Crippen molar-refractivity contribution in [2.24, 2.45) is 5.73 Å². The summed E-state index contributed by atoms with van der Waals surface area (Å²) in [6, 6.07) is 0.427. The Bertz CT molecular complexity index is 108. The van der Waals surface area contributed by atoms with Crippen molar-refractivity contribution in [2.75, 3.05) is 6.54 Å². The molecule has 1 saturated carbocycles. The van der Waals surface area contributed by atoms with Crippen molar-refractivity contribution in [3.63, 3.8) is 0 Å². The number of rotatable bonds is 0. The second-order valence-corrected chi connectivity index (χ2v) is 3.46. The number of piperidine rings is 1. The van der Waals surface area contributed by atoms with Crippen LogP contribution in [0.25, 0.3) is 0 Å². The van der Waals surface area contributed by atoms with E-state index in [1.807, 2.05) is 0 Å². The van der Waals surface area contributed by atoms with Gasteiger partial charge in [0.15, 0.2) is 0 Å². The van der Waals surface area contributed by atoms with E-state index in [4.69, 9.17) is 5.73 Å². The predicted octanol–water partition coefficient (Wildman–Crippen LogP) is 0.230. The fourth-order valence-corrected chi connectivity index (χ4v) is 1.58. The summed E-state index contributed by atoms with van der Waals surface area (Å²) < 4.78 is 0. The van der Waals surface area contributed by atoms with Gasteiger partial charge < -0.3 is 11.1 Å². The molecule has 0 aromatic rings. The van der Waals surface area contributed by atoms with Gasteiger partial charge in [-0.25, -0.2) is 0 Å². The topological polar surface area (TPSA) is 38.0 Å². The Hall–Kier alpha value is -0.0800. The fourth-order valence-electron chi connectivity index (χ4n) is 1.58. The molecule has 0 aromatic carbocycles. The molecule has 1 aliphatic heterocycles. The molecule has 2 heteroatoms. The molecule has 0 unspecified atom stereocenters. The Kier molecular flexibility index (Phi) is 1.08. The van der Waals surface area contributed by atoms with Gasteiger partial charge in [-0.15, -0.1) is 0 Å². The maximum atomic E-state index is 5.72. The largest absolute Gasteiger partial charge is 0.327 e. The van der Waals surface area contributed by atoms with Crippen molar-refractivity contribution in [1.29, 1.82) is 0 Å². The van der Waals surface area contributed by atoms with Crippen LogP contribution in [0.3, 0.4) is 0 Å². The van der Waals surface area contributed by atoms with Gasteiger partial charge in [0.05, 0.1) is 0 Å². The van der Waals surface area contributed by atoms with Gasteiger partial charge in [-0.05, 0) is 25.7 Å². The molecule has 2 rings (SSSR count). The molecule has 2 nitrogen and oxygen atoms in total. The third kappa shape index (κ3) is 0.970. The minimum Gasteiger partial charge on any atom is -0.327 e. The lowest BCUT2D eigenvalue weighted by atomic mass is 10.00. The minimum atomic E-state index is 0.427.